The number of hydrogen-bond donors (Lipinski definition) is 2. The fourth-order valence-electron chi connectivity index (χ4n) is 4.25. The summed E-state index contributed by atoms with van der Waals surface area (Å²) < 4.78 is 5.38. The van der Waals surface area contributed by atoms with E-state index in [1.165, 1.54) is 12.5 Å². The predicted octanol–water partition coefficient (Wildman–Crippen LogP) is 2.85. The van der Waals surface area contributed by atoms with Crippen molar-refractivity contribution >= 4 is 23.7 Å². The molecule has 8 nitrogen and oxygen atoms in total. The van der Waals surface area contributed by atoms with E-state index in [9.17, 15) is 14.4 Å². The van der Waals surface area contributed by atoms with Crippen molar-refractivity contribution < 1.29 is 19.1 Å². The summed E-state index contributed by atoms with van der Waals surface area (Å²) in [6.45, 7) is 3.97. The normalized spacial score (nSPS) is 17.7. The van der Waals surface area contributed by atoms with Gasteiger partial charge in [-0.1, -0.05) is 36.4 Å². The topological polar surface area (TPSA) is 91.0 Å². The molecule has 2 aliphatic rings. The van der Waals surface area contributed by atoms with E-state index in [1.807, 2.05) is 41.3 Å². The number of carbonyl (C=O) groups is 3. The minimum atomic E-state index is -0.404. The summed E-state index contributed by atoms with van der Waals surface area (Å²) in [5.41, 5.74) is 4.22. The van der Waals surface area contributed by atoms with E-state index in [2.05, 4.69) is 22.8 Å². The Hall–Kier alpha value is -3.55. The van der Waals surface area contributed by atoms with Gasteiger partial charge < -0.3 is 20.3 Å². The number of anilines is 1. The third kappa shape index (κ3) is 5.83. The van der Waals surface area contributed by atoms with Crippen LogP contribution < -0.4 is 15.5 Å². The lowest BCUT2D eigenvalue weighted by atomic mass is 10.0. The predicted molar refractivity (Wildman–Crippen MR) is 125 cm³/mol. The van der Waals surface area contributed by atoms with Crippen LogP contribution in [0.25, 0.3) is 0 Å². The average molecular weight is 451 g/mol. The van der Waals surface area contributed by atoms with Crippen molar-refractivity contribution in [3.05, 3.63) is 65.2 Å². The van der Waals surface area contributed by atoms with Crippen molar-refractivity contribution in [3.8, 4) is 0 Å². The zero-order chi connectivity index (χ0) is 23.2. The molecular formula is C25H30N4O4. The number of ether oxygens (including phenoxy) is 1. The number of cyclic esters (lactones) is 1. The highest BCUT2D eigenvalue weighted by Gasteiger charge is 2.33. The van der Waals surface area contributed by atoms with Gasteiger partial charge in [-0.05, 0) is 48.1 Å². The smallest absolute Gasteiger partial charge is 0.414 e. The molecule has 2 aromatic rings. The molecule has 0 aliphatic carbocycles. The van der Waals surface area contributed by atoms with Gasteiger partial charge in [0.25, 0.3) is 0 Å². The first-order valence-electron chi connectivity index (χ1n) is 11.4. The summed E-state index contributed by atoms with van der Waals surface area (Å²) in [5.74, 6) is -0.150. The number of nitrogens with one attached hydrogen (secondary N) is 2. The van der Waals surface area contributed by atoms with Gasteiger partial charge in [0.05, 0.1) is 13.1 Å². The van der Waals surface area contributed by atoms with Crippen LogP contribution in [-0.2, 0) is 28.9 Å². The SMILES string of the molecule is CC(=O)NC[C@H]1CN(c2ccc3c(c2)CCCN(C(=O)NCCc2ccccc2)C3)C(=O)O1. The molecule has 1 saturated heterocycles. The molecule has 8 heteroatoms. The van der Waals surface area contributed by atoms with Gasteiger partial charge in [0.15, 0.2) is 0 Å². The average Bonchev–Trinajstić information content (AvgIpc) is 3.05. The number of amides is 4. The Morgan fingerprint density at radius 3 is 2.70 bits per heavy atom. The van der Waals surface area contributed by atoms with E-state index >= 15 is 0 Å². The minimum Gasteiger partial charge on any atom is -0.442 e. The lowest BCUT2D eigenvalue weighted by molar-refractivity contribution is -0.119. The quantitative estimate of drug-likeness (QED) is 0.708. The first-order chi connectivity index (χ1) is 16.0. The third-order valence-corrected chi connectivity index (χ3v) is 6.01. The fourth-order valence-corrected chi connectivity index (χ4v) is 4.25. The Balaban J connectivity index is 1.35. The van der Waals surface area contributed by atoms with Crippen LogP contribution in [-0.4, -0.2) is 55.2 Å². The van der Waals surface area contributed by atoms with Crippen molar-refractivity contribution in [2.75, 3.05) is 31.1 Å². The van der Waals surface area contributed by atoms with Crippen molar-refractivity contribution in [3.63, 3.8) is 0 Å². The molecule has 4 rings (SSSR count). The molecule has 0 radical (unpaired) electrons. The van der Waals surface area contributed by atoms with Gasteiger partial charge in [-0.15, -0.1) is 0 Å². The number of nitrogens with zero attached hydrogens (tertiary/aromatic N) is 2. The number of rotatable bonds is 6. The summed E-state index contributed by atoms with van der Waals surface area (Å²) in [5, 5.41) is 5.72. The van der Waals surface area contributed by atoms with Crippen molar-refractivity contribution in [2.45, 2.75) is 38.8 Å². The summed E-state index contributed by atoms with van der Waals surface area (Å²) >= 11 is 0. The maximum Gasteiger partial charge on any atom is 0.414 e. The molecule has 2 aromatic carbocycles. The van der Waals surface area contributed by atoms with Crippen molar-refractivity contribution in [1.29, 1.82) is 0 Å². The molecule has 0 spiro atoms. The highest BCUT2D eigenvalue weighted by atomic mass is 16.6. The third-order valence-electron chi connectivity index (χ3n) is 6.01. The first-order valence-corrected chi connectivity index (χ1v) is 11.4. The van der Waals surface area contributed by atoms with Crippen LogP contribution in [0.1, 0.15) is 30.0 Å². The molecule has 0 unspecified atom stereocenters. The fraction of sp³-hybridized carbons (Fsp3) is 0.400. The van der Waals surface area contributed by atoms with Gasteiger partial charge in [0.2, 0.25) is 5.91 Å². The largest absolute Gasteiger partial charge is 0.442 e. The van der Waals surface area contributed by atoms with E-state index in [-0.39, 0.29) is 18.0 Å². The van der Waals surface area contributed by atoms with Gasteiger partial charge in [-0.25, -0.2) is 9.59 Å². The van der Waals surface area contributed by atoms with E-state index in [1.54, 1.807) is 4.90 Å². The molecular weight excluding hydrogens is 420 g/mol. The zero-order valence-electron chi connectivity index (χ0n) is 18.9. The molecule has 2 N–H and O–H groups in total. The number of benzene rings is 2. The van der Waals surface area contributed by atoms with Crippen LogP contribution >= 0.6 is 0 Å². The number of fused-ring (bicyclic) bond motifs is 1. The van der Waals surface area contributed by atoms with E-state index in [0.717, 1.165) is 36.1 Å². The second-order valence-electron chi connectivity index (χ2n) is 8.50. The van der Waals surface area contributed by atoms with Crippen LogP contribution in [0, 0.1) is 0 Å². The number of urea groups is 1. The van der Waals surface area contributed by atoms with Crippen molar-refractivity contribution in [1.82, 2.24) is 15.5 Å². The number of aryl methyl sites for hydroxylation is 1. The molecule has 0 bridgehead atoms. The Bertz CT molecular complexity index is 1010. The van der Waals surface area contributed by atoms with Crippen LogP contribution in [0.5, 0.6) is 0 Å². The van der Waals surface area contributed by atoms with Crippen LogP contribution in [0.2, 0.25) is 0 Å². The van der Waals surface area contributed by atoms with Gasteiger partial charge in [-0.2, -0.15) is 0 Å². The zero-order valence-corrected chi connectivity index (χ0v) is 18.9. The highest BCUT2D eigenvalue weighted by molar-refractivity contribution is 5.90. The van der Waals surface area contributed by atoms with Gasteiger partial charge in [0.1, 0.15) is 6.10 Å². The summed E-state index contributed by atoms with van der Waals surface area (Å²) in [4.78, 5) is 39.7. The van der Waals surface area contributed by atoms with Crippen LogP contribution in [0.15, 0.2) is 48.5 Å². The molecule has 33 heavy (non-hydrogen) atoms. The first kappa shape index (κ1) is 22.6. The maximum absolute atomic E-state index is 12.7. The molecule has 1 fully saturated rings. The Morgan fingerprint density at radius 2 is 1.91 bits per heavy atom. The number of carbonyl (C=O) groups excluding carboxylic acids is 3. The Kier molecular flexibility index (Phi) is 7.12. The lowest BCUT2D eigenvalue weighted by Crippen LogP contribution is -2.40. The molecule has 0 saturated carbocycles. The second-order valence-corrected chi connectivity index (χ2v) is 8.50. The Labute approximate surface area is 193 Å². The van der Waals surface area contributed by atoms with E-state index < -0.39 is 6.09 Å². The standard InChI is InChI=1S/C25H30N4O4/c1-18(30)27-15-23-17-29(25(32)33-23)22-10-9-21-16-28(13-5-8-20(21)14-22)24(31)26-12-11-19-6-3-2-4-7-19/h2-4,6-7,9-10,14,23H,5,8,11-13,15-17H2,1H3,(H,26,31)(H,27,30)/t23-/m0/s1. The second kappa shape index (κ2) is 10.4. The highest BCUT2D eigenvalue weighted by Crippen LogP contribution is 2.27. The molecule has 0 aromatic heterocycles. The van der Waals surface area contributed by atoms with E-state index in [4.69, 9.17) is 4.74 Å². The maximum atomic E-state index is 12.7. The summed E-state index contributed by atoms with van der Waals surface area (Å²) in [7, 11) is 0. The summed E-state index contributed by atoms with van der Waals surface area (Å²) in [6, 6.07) is 16.0. The minimum absolute atomic E-state index is 0.0493. The molecule has 4 amide bonds. The summed E-state index contributed by atoms with van der Waals surface area (Å²) in [6.07, 6.45) is 1.73. The van der Waals surface area contributed by atoms with Crippen molar-refractivity contribution in [2.24, 2.45) is 0 Å². The Morgan fingerprint density at radius 1 is 1.09 bits per heavy atom. The molecule has 2 aliphatic heterocycles. The molecule has 1 atom stereocenters. The van der Waals surface area contributed by atoms with Gasteiger partial charge in [0, 0.05) is 32.2 Å². The molecule has 2 heterocycles. The van der Waals surface area contributed by atoms with Gasteiger partial charge in [-0.3, -0.25) is 9.69 Å². The van der Waals surface area contributed by atoms with Crippen LogP contribution in [0.3, 0.4) is 0 Å². The van der Waals surface area contributed by atoms with E-state index in [0.29, 0.717) is 32.7 Å². The number of hydrogen-bond acceptors (Lipinski definition) is 4. The van der Waals surface area contributed by atoms with Gasteiger partial charge >= 0.3 is 12.1 Å². The lowest BCUT2D eigenvalue weighted by Gasteiger charge is -2.22. The monoisotopic (exact) mass is 450 g/mol. The molecule has 174 valence electrons. The van der Waals surface area contributed by atoms with Crippen LogP contribution in [0.4, 0.5) is 15.3 Å².